The Morgan fingerprint density at radius 3 is 2.07 bits per heavy atom. The molecule has 0 heterocycles. The van der Waals surface area contributed by atoms with E-state index in [1.807, 2.05) is 27.7 Å². The number of carbonyl (C=O) groups excluding carboxylic acids is 1. The van der Waals surface area contributed by atoms with Crippen molar-refractivity contribution in [1.82, 2.24) is 0 Å². The highest BCUT2D eigenvalue weighted by atomic mass is 16.6. The lowest BCUT2D eigenvalue weighted by Crippen LogP contribution is -2.46. The summed E-state index contributed by atoms with van der Waals surface area (Å²) in [6, 6.07) is 0. The van der Waals surface area contributed by atoms with Gasteiger partial charge in [-0.05, 0) is 20.8 Å². The Hall–Kier alpha value is -0.830. The summed E-state index contributed by atoms with van der Waals surface area (Å²) < 4.78 is 10.5. The molecule has 0 aromatic rings. The van der Waals surface area contributed by atoms with Crippen molar-refractivity contribution in [2.45, 2.75) is 40.2 Å². The summed E-state index contributed by atoms with van der Waals surface area (Å²) in [6.45, 7) is 13.5. The van der Waals surface area contributed by atoms with Gasteiger partial charge in [-0.25, -0.2) is 4.79 Å². The molecule has 88 valence electrons. The molecule has 0 aliphatic rings. The van der Waals surface area contributed by atoms with Gasteiger partial charge in [0.15, 0.2) is 0 Å². The van der Waals surface area contributed by atoms with Crippen LogP contribution < -0.4 is 0 Å². The van der Waals surface area contributed by atoms with E-state index < -0.39 is 5.60 Å². The first-order chi connectivity index (χ1) is 6.64. The van der Waals surface area contributed by atoms with Gasteiger partial charge in [0, 0.05) is 18.1 Å². The first kappa shape index (κ1) is 14.2. The number of carbonyl (C=O) groups is 1. The first-order valence-corrected chi connectivity index (χ1v) is 5.02. The smallest absolute Gasteiger partial charge is 0.333 e. The van der Waals surface area contributed by atoms with Crippen LogP contribution in [0.25, 0.3) is 0 Å². The van der Waals surface area contributed by atoms with Crippen LogP contribution in [-0.4, -0.2) is 25.3 Å². The fraction of sp³-hybridized carbons (Fsp3) is 0.750. The second-order valence-corrected chi connectivity index (χ2v) is 5.00. The molecule has 3 heteroatoms. The first-order valence-electron chi connectivity index (χ1n) is 5.02. The monoisotopic (exact) mass is 214 g/mol. The van der Waals surface area contributed by atoms with E-state index in [-0.39, 0.29) is 11.4 Å². The Morgan fingerprint density at radius 2 is 1.73 bits per heavy atom. The summed E-state index contributed by atoms with van der Waals surface area (Å²) in [5.41, 5.74) is -0.414. The summed E-state index contributed by atoms with van der Waals surface area (Å²) in [7, 11) is 1.64. The molecule has 0 bridgehead atoms. The zero-order valence-corrected chi connectivity index (χ0v) is 10.6. The Kier molecular flexibility index (Phi) is 4.53. The second kappa shape index (κ2) is 4.79. The largest absolute Gasteiger partial charge is 0.456 e. The van der Waals surface area contributed by atoms with Crippen LogP contribution >= 0.6 is 0 Å². The second-order valence-electron chi connectivity index (χ2n) is 5.00. The maximum atomic E-state index is 11.4. The number of ether oxygens (including phenoxy) is 2. The molecular weight excluding hydrogens is 192 g/mol. The van der Waals surface area contributed by atoms with E-state index in [0.717, 1.165) is 0 Å². The lowest BCUT2D eigenvalue weighted by atomic mass is 9.77. The summed E-state index contributed by atoms with van der Waals surface area (Å²) in [4.78, 5) is 11.4. The van der Waals surface area contributed by atoms with Crippen molar-refractivity contribution >= 4 is 5.97 Å². The Balaban J connectivity index is 4.67. The van der Waals surface area contributed by atoms with Crippen LogP contribution in [0.5, 0.6) is 0 Å². The predicted molar refractivity (Wildman–Crippen MR) is 60.6 cm³/mol. The van der Waals surface area contributed by atoms with Crippen LogP contribution in [0.2, 0.25) is 0 Å². The highest BCUT2D eigenvalue weighted by Crippen LogP contribution is 2.34. The highest BCUT2D eigenvalue weighted by molar-refractivity contribution is 5.87. The minimum Gasteiger partial charge on any atom is -0.456 e. The molecule has 0 aromatic heterocycles. The van der Waals surface area contributed by atoms with Gasteiger partial charge in [-0.1, -0.05) is 20.4 Å². The zero-order chi connectivity index (χ0) is 12.3. The third-order valence-corrected chi connectivity index (χ3v) is 2.83. The van der Waals surface area contributed by atoms with Crippen LogP contribution in [0.15, 0.2) is 12.2 Å². The number of rotatable bonds is 5. The summed E-state index contributed by atoms with van der Waals surface area (Å²) in [6.07, 6.45) is 0. The molecule has 0 rings (SSSR count). The maximum absolute atomic E-state index is 11.4. The van der Waals surface area contributed by atoms with Gasteiger partial charge in [0.25, 0.3) is 0 Å². The number of hydrogen-bond donors (Lipinski definition) is 0. The summed E-state index contributed by atoms with van der Waals surface area (Å²) in [5, 5.41) is 0. The molecule has 15 heavy (non-hydrogen) atoms. The van der Waals surface area contributed by atoms with Crippen molar-refractivity contribution in [3.05, 3.63) is 12.2 Å². The van der Waals surface area contributed by atoms with Gasteiger partial charge in [-0.2, -0.15) is 0 Å². The fourth-order valence-electron chi connectivity index (χ4n) is 0.992. The van der Waals surface area contributed by atoms with Gasteiger partial charge in [0.05, 0.1) is 6.61 Å². The standard InChI is InChI=1S/C12H22O3/c1-9(2)10(13)15-12(5,6)11(3,4)8-14-7/h1,8H2,2-7H3. The molecule has 0 unspecified atom stereocenters. The van der Waals surface area contributed by atoms with Crippen LogP contribution in [0.1, 0.15) is 34.6 Å². The average Bonchev–Trinajstić information content (AvgIpc) is 2.02. The number of methoxy groups -OCH3 is 1. The van der Waals surface area contributed by atoms with Crippen LogP contribution in [-0.2, 0) is 14.3 Å². The molecule has 0 amide bonds. The van der Waals surface area contributed by atoms with Crippen molar-refractivity contribution in [3.8, 4) is 0 Å². The van der Waals surface area contributed by atoms with Crippen LogP contribution in [0, 0.1) is 5.41 Å². The zero-order valence-electron chi connectivity index (χ0n) is 10.6. The van der Waals surface area contributed by atoms with Gasteiger partial charge in [0.1, 0.15) is 5.60 Å². The molecule has 0 radical (unpaired) electrons. The third kappa shape index (κ3) is 3.67. The van der Waals surface area contributed by atoms with E-state index in [0.29, 0.717) is 12.2 Å². The van der Waals surface area contributed by atoms with E-state index >= 15 is 0 Å². The Bertz CT molecular complexity index is 252. The van der Waals surface area contributed by atoms with Crippen LogP contribution in [0.4, 0.5) is 0 Å². The molecule has 0 N–H and O–H groups in total. The molecule has 0 aliphatic carbocycles. The summed E-state index contributed by atoms with van der Waals surface area (Å²) in [5.74, 6) is -0.357. The topological polar surface area (TPSA) is 35.5 Å². The molecule has 0 fully saturated rings. The van der Waals surface area contributed by atoms with Gasteiger partial charge < -0.3 is 9.47 Å². The normalized spacial score (nSPS) is 12.4. The highest BCUT2D eigenvalue weighted by Gasteiger charge is 2.40. The lowest BCUT2D eigenvalue weighted by molar-refractivity contribution is -0.167. The quantitative estimate of drug-likeness (QED) is 0.521. The number of esters is 1. The van der Waals surface area contributed by atoms with Crippen molar-refractivity contribution < 1.29 is 14.3 Å². The van der Waals surface area contributed by atoms with Crippen molar-refractivity contribution in [3.63, 3.8) is 0 Å². The van der Waals surface area contributed by atoms with Gasteiger partial charge in [0.2, 0.25) is 0 Å². The number of hydrogen-bond acceptors (Lipinski definition) is 3. The van der Waals surface area contributed by atoms with E-state index in [9.17, 15) is 4.79 Å². The van der Waals surface area contributed by atoms with E-state index in [1.165, 1.54) is 0 Å². The SMILES string of the molecule is C=C(C)C(=O)OC(C)(C)C(C)(C)COC. The van der Waals surface area contributed by atoms with Crippen molar-refractivity contribution in [2.24, 2.45) is 5.41 Å². The molecule has 0 aliphatic heterocycles. The van der Waals surface area contributed by atoms with Gasteiger partial charge in [-0.3, -0.25) is 0 Å². The Morgan fingerprint density at radius 1 is 1.27 bits per heavy atom. The third-order valence-electron chi connectivity index (χ3n) is 2.83. The molecule has 3 nitrogen and oxygen atoms in total. The molecular formula is C12H22O3. The molecule has 0 saturated heterocycles. The fourth-order valence-corrected chi connectivity index (χ4v) is 0.992. The molecule has 0 aromatic carbocycles. The van der Waals surface area contributed by atoms with Crippen molar-refractivity contribution in [2.75, 3.05) is 13.7 Å². The van der Waals surface area contributed by atoms with Crippen LogP contribution in [0.3, 0.4) is 0 Å². The van der Waals surface area contributed by atoms with E-state index in [1.54, 1.807) is 14.0 Å². The summed E-state index contributed by atoms with van der Waals surface area (Å²) >= 11 is 0. The van der Waals surface area contributed by atoms with Gasteiger partial charge >= 0.3 is 5.97 Å². The van der Waals surface area contributed by atoms with Gasteiger partial charge in [-0.15, -0.1) is 0 Å². The molecule has 0 atom stereocenters. The molecule has 0 saturated carbocycles. The average molecular weight is 214 g/mol. The van der Waals surface area contributed by atoms with E-state index in [4.69, 9.17) is 9.47 Å². The lowest BCUT2D eigenvalue weighted by Gasteiger charge is -2.40. The Labute approximate surface area is 92.5 Å². The maximum Gasteiger partial charge on any atom is 0.333 e. The minimum atomic E-state index is -0.584. The van der Waals surface area contributed by atoms with Crippen molar-refractivity contribution in [1.29, 1.82) is 0 Å². The molecule has 0 spiro atoms. The minimum absolute atomic E-state index is 0.243. The predicted octanol–water partition coefficient (Wildman–Crippen LogP) is 2.56. The van der Waals surface area contributed by atoms with E-state index in [2.05, 4.69) is 6.58 Å².